The standard InChI is InChI=1S/C13H14N4S/c1-17-13(15-10-16-17)18-9-12-6-3-2-5-11(12)7-4-8-14/h2-3,5-6,10H,8-9,14H2,1H3. The number of aryl methyl sites for hydroxylation is 1. The Morgan fingerprint density at radius 1 is 1.39 bits per heavy atom. The van der Waals surface area contributed by atoms with Gasteiger partial charge in [-0.2, -0.15) is 5.10 Å². The van der Waals surface area contributed by atoms with Crippen molar-refractivity contribution in [3.8, 4) is 11.8 Å². The van der Waals surface area contributed by atoms with Gasteiger partial charge in [-0.25, -0.2) is 9.67 Å². The molecule has 0 aliphatic rings. The van der Waals surface area contributed by atoms with Gasteiger partial charge in [-0.05, 0) is 11.6 Å². The summed E-state index contributed by atoms with van der Waals surface area (Å²) >= 11 is 1.64. The third kappa shape index (κ3) is 3.13. The number of benzene rings is 1. The molecule has 1 aromatic carbocycles. The van der Waals surface area contributed by atoms with Crippen LogP contribution in [0.1, 0.15) is 11.1 Å². The summed E-state index contributed by atoms with van der Waals surface area (Å²) in [7, 11) is 1.88. The van der Waals surface area contributed by atoms with Crippen LogP contribution in [0.25, 0.3) is 0 Å². The average Bonchev–Trinajstić information content (AvgIpc) is 2.80. The highest BCUT2D eigenvalue weighted by atomic mass is 32.2. The van der Waals surface area contributed by atoms with Crippen molar-refractivity contribution < 1.29 is 0 Å². The molecule has 0 saturated carbocycles. The molecule has 92 valence electrons. The van der Waals surface area contributed by atoms with Crippen molar-refractivity contribution >= 4 is 11.8 Å². The number of rotatable bonds is 3. The van der Waals surface area contributed by atoms with Gasteiger partial charge in [0.2, 0.25) is 0 Å². The molecule has 18 heavy (non-hydrogen) atoms. The molecule has 0 saturated heterocycles. The number of hydrogen-bond donors (Lipinski definition) is 1. The van der Waals surface area contributed by atoms with Crippen LogP contribution in [0.15, 0.2) is 35.7 Å². The van der Waals surface area contributed by atoms with E-state index in [-0.39, 0.29) is 0 Å². The lowest BCUT2D eigenvalue weighted by Gasteiger charge is -2.03. The second-order valence-electron chi connectivity index (χ2n) is 3.62. The first kappa shape index (κ1) is 12.7. The van der Waals surface area contributed by atoms with Gasteiger partial charge in [0.15, 0.2) is 5.16 Å². The molecule has 0 aliphatic heterocycles. The third-order valence-electron chi connectivity index (χ3n) is 2.37. The second kappa shape index (κ2) is 6.24. The highest BCUT2D eigenvalue weighted by Gasteiger charge is 2.04. The highest BCUT2D eigenvalue weighted by Crippen LogP contribution is 2.21. The van der Waals surface area contributed by atoms with Crippen molar-refractivity contribution in [2.75, 3.05) is 6.54 Å². The van der Waals surface area contributed by atoms with E-state index in [0.29, 0.717) is 6.54 Å². The zero-order valence-electron chi connectivity index (χ0n) is 10.1. The van der Waals surface area contributed by atoms with Crippen molar-refractivity contribution in [2.45, 2.75) is 10.9 Å². The van der Waals surface area contributed by atoms with E-state index in [0.717, 1.165) is 16.5 Å². The first-order valence-electron chi connectivity index (χ1n) is 5.55. The van der Waals surface area contributed by atoms with Gasteiger partial charge >= 0.3 is 0 Å². The topological polar surface area (TPSA) is 56.7 Å². The average molecular weight is 258 g/mol. The lowest BCUT2D eigenvalue weighted by atomic mass is 10.1. The number of hydrogen-bond acceptors (Lipinski definition) is 4. The zero-order chi connectivity index (χ0) is 12.8. The first-order chi connectivity index (χ1) is 8.81. The van der Waals surface area contributed by atoms with Gasteiger partial charge in [-0.15, -0.1) is 0 Å². The van der Waals surface area contributed by atoms with Crippen LogP contribution in [0.5, 0.6) is 0 Å². The fourth-order valence-electron chi connectivity index (χ4n) is 1.47. The molecule has 0 radical (unpaired) electrons. The Hall–Kier alpha value is -1.77. The maximum atomic E-state index is 5.40. The molecular formula is C13H14N4S. The van der Waals surface area contributed by atoms with Crippen LogP contribution < -0.4 is 5.73 Å². The predicted octanol–water partition coefficient (Wildman–Crippen LogP) is 1.42. The predicted molar refractivity (Wildman–Crippen MR) is 72.9 cm³/mol. The van der Waals surface area contributed by atoms with Crippen molar-refractivity contribution in [1.29, 1.82) is 0 Å². The molecule has 0 unspecified atom stereocenters. The van der Waals surface area contributed by atoms with E-state index in [9.17, 15) is 0 Å². The van der Waals surface area contributed by atoms with Crippen LogP contribution in [0.4, 0.5) is 0 Å². The van der Waals surface area contributed by atoms with Gasteiger partial charge < -0.3 is 5.73 Å². The lowest BCUT2D eigenvalue weighted by molar-refractivity contribution is 0.685. The molecule has 0 aliphatic carbocycles. The van der Waals surface area contributed by atoms with E-state index in [1.807, 2.05) is 25.2 Å². The van der Waals surface area contributed by atoms with Crippen molar-refractivity contribution in [3.05, 3.63) is 41.7 Å². The van der Waals surface area contributed by atoms with Crippen molar-refractivity contribution in [3.63, 3.8) is 0 Å². The molecule has 2 N–H and O–H groups in total. The van der Waals surface area contributed by atoms with E-state index in [2.05, 4.69) is 28.0 Å². The van der Waals surface area contributed by atoms with Crippen LogP contribution in [-0.2, 0) is 12.8 Å². The van der Waals surface area contributed by atoms with Crippen LogP contribution in [0.3, 0.4) is 0 Å². The van der Waals surface area contributed by atoms with E-state index in [1.54, 1.807) is 22.8 Å². The maximum Gasteiger partial charge on any atom is 0.186 e. The molecular weight excluding hydrogens is 244 g/mol. The minimum atomic E-state index is 0.380. The van der Waals surface area contributed by atoms with Crippen LogP contribution >= 0.6 is 11.8 Å². The van der Waals surface area contributed by atoms with Crippen molar-refractivity contribution in [1.82, 2.24) is 14.8 Å². The van der Waals surface area contributed by atoms with Crippen LogP contribution in [0.2, 0.25) is 0 Å². The highest BCUT2D eigenvalue weighted by molar-refractivity contribution is 7.98. The molecule has 1 heterocycles. The van der Waals surface area contributed by atoms with Gasteiger partial charge in [0.1, 0.15) is 6.33 Å². The zero-order valence-corrected chi connectivity index (χ0v) is 10.9. The summed E-state index contributed by atoms with van der Waals surface area (Å²) in [6.45, 7) is 0.380. The van der Waals surface area contributed by atoms with Gasteiger partial charge in [-0.1, -0.05) is 41.8 Å². The summed E-state index contributed by atoms with van der Waals surface area (Å²) < 4.78 is 1.76. The van der Waals surface area contributed by atoms with E-state index < -0.39 is 0 Å². The summed E-state index contributed by atoms with van der Waals surface area (Å²) in [4.78, 5) is 4.18. The Morgan fingerprint density at radius 3 is 2.94 bits per heavy atom. The van der Waals surface area contributed by atoms with Crippen LogP contribution in [0, 0.1) is 11.8 Å². The smallest absolute Gasteiger partial charge is 0.186 e. The number of aromatic nitrogens is 3. The molecule has 0 bridgehead atoms. The quantitative estimate of drug-likeness (QED) is 0.668. The molecule has 4 nitrogen and oxygen atoms in total. The summed E-state index contributed by atoms with van der Waals surface area (Å²) in [5.41, 5.74) is 7.61. The maximum absolute atomic E-state index is 5.40. The molecule has 0 atom stereocenters. The Balaban J connectivity index is 2.12. The van der Waals surface area contributed by atoms with Gasteiger partial charge in [0.25, 0.3) is 0 Å². The minimum absolute atomic E-state index is 0.380. The molecule has 2 rings (SSSR count). The number of nitrogens with zero attached hydrogens (tertiary/aromatic N) is 3. The van der Waals surface area contributed by atoms with Crippen molar-refractivity contribution in [2.24, 2.45) is 12.8 Å². The molecule has 1 aromatic heterocycles. The van der Waals surface area contributed by atoms with E-state index in [1.165, 1.54) is 5.56 Å². The monoisotopic (exact) mass is 258 g/mol. The van der Waals surface area contributed by atoms with Crippen LogP contribution in [-0.4, -0.2) is 21.3 Å². The number of nitrogens with two attached hydrogens (primary N) is 1. The lowest BCUT2D eigenvalue weighted by Crippen LogP contribution is -1.95. The van der Waals surface area contributed by atoms with E-state index >= 15 is 0 Å². The van der Waals surface area contributed by atoms with Gasteiger partial charge in [0, 0.05) is 18.4 Å². The minimum Gasteiger partial charge on any atom is -0.320 e. The second-order valence-corrected chi connectivity index (χ2v) is 4.56. The SMILES string of the molecule is Cn1ncnc1SCc1ccccc1C#CCN. The molecule has 5 heteroatoms. The molecule has 0 amide bonds. The Kier molecular flexibility index (Phi) is 4.40. The molecule has 0 fully saturated rings. The summed E-state index contributed by atoms with van der Waals surface area (Å²) in [6, 6.07) is 8.08. The summed E-state index contributed by atoms with van der Waals surface area (Å²) in [6.07, 6.45) is 1.56. The fraction of sp³-hybridized carbons (Fsp3) is 0.231. The normalized spacial score (nSPS) is 9.89. The Labute approximate surface area is 111 Å². The fourth-order valence-corrected chi connectivity index (χ4v) is 2.36. The molecule has 2 aromatic rings. The number of thioether (sulfide) groups is 1. The Bertz CT molecular complexity index is 580. The largest absolute Gasteiger partial charge is 0.320 e. The summed E-state index contributed by atoms with van der Waals surface area (Å²) in [5.74, 6) is 6.79. The first-order valence-corrected chi connectivity index (χ1v) is 6.53. The van der Waals surface area contributed by atoms with Gasteiger partial charge in [0.05, 0.1) is 6.54 Å². The third-order valence-corrected chi connectivity index (χ3v) is 3.45. The Morgan fingerprint density at radius 2 is 2.22 bits per heavy atom. The molecule has 0 spiro atoms. The van der Waals surface area contributed by atoms with E-state index in [4.69, 9.17) is 5.73 Å². The summed E-state index contributed by atoms with van der Waals surface area (Å²) in [5, 5.41) is 4.94. The van der Waals surface area contributed by atoms with Gasteiger partial charge in [-0.3, -0.25) is 0 Å².